The minimum absolute atomic E-state index is 0.115. The summed E-state index contributed by atoms with van der Waals surface area (Å²) < 4.78 is 0. The minimum atomic E-state index is -0.115. The lowest BCUT2D eigenvalue weighted by Gasteiger charge is -2.08. The smallest absolute Gasteiger partial charge is 0.255 e. The topological polar surface area (TPSA) is 29.1 Å². The van der Waals surface area contributed by atoms with Crippen molar-refractivity contribution in [3.63, 3.8) is 0 Å². The van der Waals surface area contributed by atoms with Crippen LogP contribution in [0.4, 0.5) is 5.69 Å². The molecule has 0 heterocycles. The Bertz CT molecular complexity index is 978. The normalized spacial score (nSPS) is 10.9. The van der Waals surface area contributed by atoms with Gasteiger partial charge in [0.2, 0.25) is 0 Å². The summed E-state index contributed by atoms with van der Waals surface area (Å²) in [6.45, 7) is 1.97. The highest BCUT2D eigenvalue weighted by Gasteiger charge is 2.07. The van der Waals surface area contributed by atoms with Gasteiger partial charge >= 0.3 is 0 Å². The van der Waals surface area contributed by atoms with Gasteiger partial charge in [0.05, 0.1) is 10.0 Å². The van der Waals surface area contributed by atoms with Gasteiger partial charge < -0.3 is 5.32 Å². The van der Waals surface area contributed by atoms with E-state index in [9.17, 15) is 4.79 Å². The quantitative estimate of drug-likeness (QED) is 0.504. The first kappa shape index (κ1) is 19.2. The van der Waals surface area contributed by atoms with Crippen LogP contribution in [0.2, 0.25) is 10.0 Å². The van der Waals surface area contributed by atoms with E-state index in [4.69, 9.17) is 23.2 Å². The van der Waals surface area contributed by atoms with Gasteiger partial charge in [0, 0.05) is 11.3 Å². The maximum atomic E-state index is 12.4. The summed E-state index contributed by atoms with van der Waals surface area (Å²) >= 11 is 12.0. The molecule has 4 heteroatoms. The zero-order valence-electron chi connectivity index (χ0n) is 14.9. The van der Waals surface area contributed by atoms with Crippen LogP contribution in [0.5, 0.6) is 0 Å². The lowest BCUT2D eigenvalue weighted by molar-refractivity contribution is 0.102. The van der Waals surface area contributed by atoms with E-state index in [1.807, 2.05) is 73.7 Å². The number of halogens is 2. The highest BCUT2D eigenvalue weighted by atomic mass is 35.5. The van der Waals surface area contributed by atoms with Crippen LogP contribution in [0, 0.1) is 6.92 Å². The van der Waals surface area contributed by atoms with Gasteiger partial charge in [-0.3, -0.25) is 4.79 Å². The highest BCUT2D eigenvalue weighted by Crippen LogP contribution is 2.23. The molecule has 27 heavy (non-hydrogen) atoms. The van der Waals surface area contributed by atoms with Gasteiger partial charge in [0.15, 0.2) is 0 Å². The summed E-state index contributed by atoms with van der Waals surface area (Å²) in [6.07, 6.45) is 4.83. The van der Waals surface area contributed by atoms with Crippen LogP contribution in [0.1, 0.15) is 27.0 Å². The Morgan fingerprint density at radius 2 is 1.70 bits per heavy atom. The average Bonchev–Trinajstić information content (AvgIpc) is 2.67. The summed E-state index contributed by atoms with van der Waals surface area (Å²) in [4.78, 5) is 12.4. The van der Waals surface area contributed by atoms with Crippen LogP contribution in [0.15, 0.2) is 72.8 Å². The molecule has 3 aromatic carbocycles. The van der Waals surface area contributed by atoms with Crippen LogP contribution in [-0.4, -0.2) is 5.91 Å². The molecule has 0 unspecified atom stereocenters. The number of carbonyl (C=O) groups excluding carboxylic acids is 1. The van der Waals surface area contributed by atoms with E-state index in [0.717, 1.165) is 28.8 Å². The molecule has 0 aliphatic rings. The Balaban J connectivity index is 1.62. The molecule has 136 valence electrons. The molecule has 0 spiro atoms. The monoisotopic (exact) mass is 395 g/mol. The van der Waals surface area contributed by atoms with Crippen molar-refractivity contribution in [3.8, 4) is 0 Å². The van der Waals surface area contributed by atoms with E-state index < -0.39 is 0 Å². The number of benzene rings is 3. The van der Waals surface area contributed by atoms with E-state index >= 15 is 0 Å². The Hall–Kier alpha value is -2.55. The predicted molar refractivity (Wildman–Crippen MR) is 115 cm³/mol. The van der Waals surface area contributed by atoms with Crippen LogP contribution in [0.3, 0.4) is 0 Å². The average molecular weight is 396 g/mol. The third-order valence-electron chi connectivity index (χ3n) is 4.21. The predicted octanol–water partition coefficient (Wildman–Crippen LogP) is 6.81. The van der Waals surface area contributed by atoms with Crippen molar-refractivity contribution >= 4 is 40.9 Å². The molecule has 0 saturated heterocycles. The standard InChI is InChI=1S/C23H19Cl2NO/c1-16-5-2-3-8-22(16)26-23(27)19-12-9-17(10-13-19)6-4-7-18-11-14-20(24)21(25)15-18/h2-6,8-15H,7H2,1H3,(H,26,27)/b6-4+. The van der Waals surface area contributed by atoms with Crippen molar-refractivity contribution in [1.29, 1.82) is 0 Å². The van der Waals surface area contributed by atoms with Gasteiger partial charge in [0.25, 0.3) is 5.91 Å². The van der Waals surface area contributed by atoms with E-state index in [-0.39, 0.29) is 5.91 Å². The molecular weight excluding hydrogens is 377 g/mol. The van der Waals surface area contributed by atoms with Gasteiger partial charge in [-0.15, -0.1) is 0 Å². The van der Waals surface area contributed by atoms with Crippen molar-refractivity contribution < 1.29 is 4.79 Å². The molecule has 0 saturated carbocycles. The highest BCUT2D eigenvalue weighted by molar-refractivity contribution is 6.42. The Kier molecular flexibility index (Phi) is 6.33. The Labute approximate surface area is 169 Å². The summed E-state index contributed by atoms with van der Waals surface area (Å²) in [5.41, 5.74) is 4.61. The fourth-order valence-corrected chi connectivity index (χ4v) is 2.97. The van der Waals surface area contributed by atoms with Crippen LogP contribution < -0.4 is 5.32 Å². The number of allylic oxidation sites excluding steroid dienone is 1. The summed E-state index contributed by atoms with van der Waals surface area (Å²) in [6, 6.07) is 20.9. The second kappa shape index (κ2) is 8.90. The SMILES string of the molecule is Cc1ccccc1NC(=O)c1ccc(/C=C/Cc2ccc(Cl)c(Cl)c2)cc1. The number of nitrogens with one attached hydrogen (secondary N) is 1. The fraction of sp³-hybridized carbons (Fsp3) is 0.0870. The molecule has 1 amide bonds. The summed E-state index contributed by atoms with van der Waals surface area (Å²) in [7, 11) is 0. The minimum Gasteiger partial charge on any atom is -0.322 e. The van der Waals surface area contributed by atoms with E-state index in [1.54, 1.807) is 6.07 Å². The molecule has 0 bridgehead atoms. The van der Waals surface area contributed by atoms with Gasteiger partial charge in [-0.25, -0.2) is 0 Å². The third-order valence-corrected chi connectivity index (χ3v) is 4.95. The maximum absolute atomic E-state index is 12.4. The molecule has 0 radical (unpaired) electrons. The molecule has 0 aliphatic heterocycles. The second-order valence-corrected chi connectivity index (χ2v) is 7.06. The van der Waals surface area contributed by atoms with Crippen molar-refractivity contribution in [2.24, 2.45) is 0 Å². The first-order chi connectivity index (χ1) is 13.0. The second-order valence-electron chi connectivity index (χ2n) is 6.25. The van der Waals surface area contributed by atoms with Crippen molar-refractivity contribution in [3.05, 3.63) is 105 Å². The summed E-state index contributed by atoms with van der Waals surface area (Å²) in [5.74, 6) is -0.115. The summed E-state index contributed by atoms with van der Waals surface area (Å²) in [5, 5.41) is 4.06. The van der Waals surface area contributed by atoms with Crippen LogP contribution in [0.25, 0.3) is 6.08 Å². The number of para-hydroxylation sites is 1. The number of aryl methyl sites for hydroxylation is 1. The zero-order valence-corrected chi connectivity index (χ0v) is 16.4. The lowest BCUT2D eigenvalue weighted by Crippen LogP contribution is -2.12. The molecule has 1 N–H and O–H groups in total. The Morgan fingerprint density at radius 1 is 0.963 bits per heavy atom. The molecule has 0 aliphatic carbocycles. The Morgan fingerprint density at radius 3 is 2.41 bits per heavy atom. The molecule has 3 rings (SSSR count). The number of anilines is 1. The van der Waals surface area contributed by atoms with Crippen molar-refractivity contribution in [2.45, 2.75) is 13.3 Å². The van der Waals surface area contributed by atoms with E-state index in [0.29, 0.717) is 15.6 Å². The molecule has 0 fully saturated rings. The number of carbonyl (C=O) groups is 1. The van der Waals surface area contributed by atoms with Crippen molar-refractivity contribution in [2.75, 3.05) is 5.32 Å². The largest absolute Gasteiger partial charge is 0.322 e. The van der Waals surface area contributed by atoms with E-state index in [2.05, 4.69) is 11.4 Å². The van der Waals surface area contributed by atoms with Gasteiger partial charge in [-0.1, -0.05) is 71.8 Å². The number of hydrogen-bond acceptors (Lipinski definition) is 1. The molecule has 3 aromatic rings. The van der Waals surface area contributed by atoms with Gasteiger partial charge in [-0.05, 0) is 60.4 Å². The van der Waals surface area contributed by atoms with E-state index in [1.165, 1.54) is 0 Å². The van der Waals surface area contributed by atoms with Crippen LogP contribution >= 0.6 is 23.2 Å². The molecular formula is C23H19Cl2NO. The third kappa shape index (κ3) is 5.22. The number of amides is 1. The van der Waals surface area contributed by atoms with Crippen molar-refractivity contribution in [1.82, 2.24) is 0 Å². The first-order valence-electron chi connectivity index (χ1n) is 8.60. The van der Waals surface area contributed by atoms with Gasteiger partial charge in [-0.2, -0.15) is 0 Å². The maximum Gasteiger partial charge on any atom is 0.255 e. The lowest BCUT2D eigenvalue weighted by atomic mass is 10.1. The molecule has 0 aromatic heterocycles. The number of rotatable bonds is 5. The zero-order chi connectivity index (χ0) is 19.2. The van der Waals surface area contributed by atoms with Crippen LogP contribution in [-0.2, 0) is 6.42 Å². The molecule has 2 nitrogen and oxygen atoms in total. The van der Waals surface area contributed by atoms with Gasteiger partial charge in [0.1, 0.15) is 0 Å². The number of hydrogen-bond donors (Lipinski definition) is 1. The first-order valence-corrected chi connectivity index (χ1v) is 9.36. The fourth-order valence-electron chi connectivity index (χ4n) is 2.65. The molecule has 0 atom stereocenters.